The number of aryl methyl sites for hydroxylation is 2. The molecule has 0 saturated carbocycles. The number of nitrogens with zero attached hydrogens (tertiary/aromatic N) is 3. The summed E-state index contributed by atoms with van der Waals surface area (Å²) in [6, 6.07) is 9.68. The zero-order valence-corrected chi connectivity index (χ0v) is 20.2. The maximum atomic E-state index is 13.9. The Bertz CT molecular complexity index is 1690. The van der Waals surface area contributed by atoms with Crippen LogP contribution in [0, 0.1) is 17.5 Å². The Labute approximate surface area is 213 Å². The van der Waals surface area contributed by atoms with E-state index in [9.17, 15) is 27.6 Å². The Kier molecular flexibility index (Phi) is 6.62. The van der Waals surface area contributed by atoms with Crippen molar-refractivity contribution in [1.29, 1.82) is 0 Å². The number of nitrogens with one attached hydrogen (secondary N) is 2. The van der Waals surface area contributed by atoms with Crippen LogP contribution in [0.1, 0.15) is 28.8 Å². The van der Waals surface area contributed by atoms with Gasteiger partial charge in [0.1, 0.15) is 5.75 Å². The second kappa shape index (κ2) is 10.0. The van der Waals surface area contributed by atoms with Gasteiger partial charge in [-0.15, -0.1) is 0 Å². The zero-order chi connectivity index (χ0) is 27.0. The second-order valence-electron chi connectivity index (χ2n) is 8.88. The first-order chi connectivity index (χ1) is 18.2. The van der Waals surface area contributed by atoms with Crippen molar-refractivity contribution in [2.75, 3.05) is 12.4 Å². The molecule has 12 heteroatoms. The van der Waals surface area contributed by atoms with Crippen LogP contribution in [0.2, 0.25) is 0 Å². The number of rotatable bonds is 7. The molecule has 0 atom stereocenters. The zero-order valence-electron chi connectivity index (χ0n) is 20.2. The molecule has 0 amide bonds. The smallest absolute Gasteiger partial charge is 0.355 e. The van der Waals surface area contributed by atoms with Crippen LogP contribution >= 0.6 is 0 Å². The molecule has 9 nitrogen and oxygen atoms in total. The van der Waals surface area contributed by atoms with E-state index in [1.54, 1.807) is 30.3 Å². The van der Waals surface area contributed by atoms with Gasteiger partial charge < -0.3 is 15.0 Å². The Morgan fingerprint density at radius 2 is 1.68 bits per heavy atom. The van der Waals surface area contributed by atoms with E-state index in [1.807, 2.05) is 0 Å². The van der Waals surface area contributed by atoms with Crippen molar-refractivity contribution in [3.05, 3.63) is 114 Å². The van der Waals surface area contributed by atoms with Crippen molar-refractivity contribution in [3.63, 3.8) is 0 Å². The monoisotopic (exact) mass is 525 g/mol. The molecule has 38 heavy (non-hydrogen) atoms. The lowest BCUT2D eigenvalue weighted by molar-refractivity contribution is 0.415. The highest BCUT2D eigenvalue weighted by Crippen LogP contribution is 2.21. The molecule has 1 aliphatic rings. The van der Waals surface area contributed by atoms with Gasteiger partial charge in [0, 0.05) is 16.9 Å². The van der Waals surface area contributed by atoms with Crippen molar-refractivity contribution in [2.45, 2.75) is 32.4 Å². The largest absolute Gasteiger partial charge is 0.497 e. The number of hydrogen-bond donors (Lipinski definition) is 2. The number of hydrogen-bond acceptors (Lipinski definition) is 6. The second-order valence-corrected chi connectivity index (χ2v) is 8.88. The SMILES string of the molecule is COc1ccc(Nc2nc(=O)n(Cc3cc4c([nH]c3=O)CCC4)c(=O)n2Cc2cc(F)c(F)c(F)c2)cc1. The molecule has 0 radical (unpaired) electrons. The minimum Gasteiger partial charge on any atom is -0.497 e. The van der Waals surface area contributed by atoms with E-state index < -0.39 is 40.9 Å². The van der Waals surface area contributed by atoms with Crippen LogP contribution in [0.3, 0.4) is 0 Å². The predicted molar refractivity (Wildman–Crippen MR) is 133 cm³/mol. The Morgan fingerprint density at radius 1 is 0.974 bits per heavy atom. The average Bonchev–Trinajstić information content (AvgIpc) is 3.34. The average molecular weight is 525 g/mol. The number of pyridine rings is 1. The number of halogens is 3. The van der Waals surface area contributed by atoms with Gasteiger partial charge in [0.05, 0.1) is 20.2 Å². The lowest BCUT2D eigenvalue weighted by Crippen LogP contribution is -2.43. The molecule has 2 aromatic heterocycles. The summed E-state index contributed by atoms with van der Waals surface area (Å²) < 4.78 is 48.2. The van der Waals surface area contributed by atoms with E-state index in [2.05, 4.69) is 15.3 Å². The molecular weight excluding hydrogens is 503 g/mol. The molecule has 0 saturated heterocycles. The molecule has 0 fully saturated rings. The van der Waals surface area contributed by atoms with E-state index in [1.165, 1.54) is 7.11 Å². The fourth-order valence-corrected chi connectivity index (χ4v) is 4.44. The number of aromatic amines is 1. The number of methoxy groups -OCH3 is 1. The number of benzene rings is 2. The third-order valence-electron chi connectivity index (χ3n) is 6.37. The molecule has 0 unspecified atom stereocenters. The molecule has 2 heterocycles. The van der Waals surface area contributed by atoms with Crippen LogP contribution in [-0.2, 0) is 25.9 Å². The van der Waals surface area contributed by atoms with Crippen LogP contribution in [0.15, 0.2) is 56.8 Å². The van der Waals surface area contributed by atoms with Crippen molar-refractivity contribution in [2.24, 2.45) is 0 Å². The fourth-order valence-electron chi connectivity index (χ4n) is 4.44. The molecule has 0 spiro atoms. The summed E-state index contributed by atoms with van der Waals surface area (Å²) in [6.45, 7) is -0.804. The van der Waals surface area contributed by atoms with Gasteiger partial charge in [0.15, 0.2) is 17.5 Å². The summed E-state index contributed by atoms with van der Waals surface area (Å²) in [6.07, 6.45) is 2.40. The molecular formula is C26H22F3N5O4. The number of fused-ring (bicyclic) bond motifs is 1. The first kappa shape index (κ1) is 25.1. The summed E-state index contributed by atoms with van der Waals surface area (Å²) in [7, 11) is 1.49. The first-order valence-electron chi connectivity index (χ1n) is 11.7. The van der Waals surface area contributed by atoms with Crippen LogP contribution in [0.5, 0.6) is 5.75 Å². The molecule has 4 aromatic rings. The lowest BCUT2D eigenvalue weighted by Gasteiger charge is -2.16. The number of aromatic nitrogens is 4. The Hall–Kier alpha value is -4.61. The standard InChI is InChI=1S/C26H22F3N5O4/c1-38-18-7-5-17(6-8-18)30-24-32-25(36)34(13-16-11-15-3-2-4-21(15)31-23(16)35)26(37)33(24)12-14-9-19(27)22(29)20(28)10-14/h5-11H,2-4,12-13H2,1H3,(H,31,35)(H,30,32,36). The predicted octanol–water partition coefficient (Wildman–Crippen LogP) is 2.85. The Balaban J connectivity index is 1.60. The summed E-state index contributed by atoms with van der Waals surface area (Å²) in [4.78, 5) is 45.9. The number of ether oxygens (including phenoxy) is 1. The minimum atomic E-state index is -1.64. The van der Waals surface area contributed by atoms with Gasteiger partial charge in [-0.25, -0.2) is 27.3 Å². The topological polar surface area (TPSA) is 111 Å². The highest BCUT2D eigenvalue weighted by Gasteiger charge is 2.19. The highest BCUT2D eigenvalue weighted by molar-refractivity contribution is 5.54. The van der Waals surface area contributed by atoms with Gasteiger partial charge in [-0.05, 0) is 72.9 Å². The molecule has 0 bridgehead atoms. The molecule has 2 N–H and O–H groups in total. The minimum absolute atomic E-state index is 0.0799. The highest BCUT2D eigenvalue weighted by atomic mass is 19.2. The van der Waals surface area contributed by atoms with Gasteiger partial charge in [-0.2, -0.15) is 4.98 Å². The van der Waals surface area contributed by atoms with Gasteiger partial charge >= 0.3 is 11.4 Å². The van der Waals surface area contributed by atoms with Gasteiger partial charge in [0.25, 0.3) is 5.56 Å². The van der Waals surface area contributed by atoms with Gasteiger partial charge in [0.2, 0.25) is 5.95 Å². The van der Waals surface area contributed by atoms with Crippen LogP contribution < -0.4 is 27.0 Å². The molecule has 196 valence electrons. The van der Waals surface area contributed by atoms with E-state index >= 15 is 0 Å². The van der Waals surface area contributed by atoms with Gasteiger partial charge in [-0.3, -0.25) is 9.36 Å². The van der Waals surface area contributed by atoms with E-state index in [-0.39, 0.29) is 23.6 Å². The van der Waals surface area contributed by atoms with E-state index in [4.69, 9.17) is 4.74 Å². The van der Waals surface area contributed by atoms with Crippen LogP contribution in [0.25, 0.3) is 0 Å². The lowest BCUT2D eigenvalue weighted by atomic mass is 10.1. The number of anilines is 2. The molecule has 1 aliphatic carbocycles. The summed E-state index contributed by atoms with van der Waals surface area (Å²) >= 11 is 0. The van der Waals surface area contributed by atoms with Crippen LogP contribution in [0.4, 0.5) is 24.8 Å². The first-order valence-corrected chi connectivity index (χ1v) is 11.7. The summed E-state index contributed by atoms with van der Waals surface area (Å²) in [5.41, 5.74) is 0.0973. The van der Waals surface area contributed by atoms with E-state index in [0.29, 0.717) is 11.4 Å². The number of H-pyrrole nitrogens is 1. The summed E-state index contributed by atoms with van der Waals surface area (Å²) in [5.74, 6) is -4.15. The maximum Gasteiger partial charge on any atom is 0.355 e. The van der Waals surface area contributed by atoms with Gasteiger partial charge in [-0.1, -0.05) is 0 Å². The maximum absolute atomic E-state index is 13.9. The summed E-state index contributed by atoms with van der Waals surface area (Å²) in [5, 5.41) is 2.86. The van der Waals surface area contributed by atoms with E-state index in [0.717, 1.165) is 51.8 Å². The Morgan fingerprint density at radius 3 is 2.37 bits per heavy atom. The molecule has 2 aromatic carbocycles. The molecule has 0 aliphatic heterocycles. The van der Waals surface area contributed by atoms with Crippen molar-refractivity contribution in [1.82, 2.24) is 19.1 Å². The molecule has 5 rings (SSSR count). The third-order valence-corrected chi connectivity index (χ3v) is 6.37. The van der Waals surface area contributed by atoms with Crippen molar-refractivity contribution >= 4 is 11.6 Å². The quantitative estimate of drug-likeness (QED) is 0.359. The van der Waals surface area contributed by atoms with Crippen LogP contribution in [-0.4, -0.2) is 26.2 Å². The fraction of sp³-hybridized carbons (Fsp3) is 0.231. The third kappa shape index (κ3) is 4.84. The normalized spacial score (nSPS) is 12.4. The van der Waals surface area contributed by atoms with Crippen molar-refractivity contribution < 1.29 is 17.9 Å². The van der Waals surface area contributed by atoms with Crippen molar-refractivity contribution in [3.8, 4) is 5.75 Å².